The number of rotatable bonds is 9. The average Bonchev–Trinajstić information content (AvgIpc) is 3.01. The molecule has 0 fully saturated rings. The van der Waals surface area contributed by atoms with Crippen LogP contribution in [0.15, 0.2) is 54.7 Å². The Labute approximate surface area is 145 Å². The van der Waals surface area contributed by atoms with Crippen LogP contribution in [-0.2, 0) is 11.3 Å². The molecule has 24 heavy (non-hydrogen) atoms. The molecule has 6 nitrogen and oxygen atoms in total. The molecule has 0 aliphatic heterocycles. The summed E-state index contributed by atoms with van der Waals surface area (Å²) in [7, 11) is 1.63. The fourth-order valence-electron chi connectivity index (χ4n) is 2.01. The summed E-state index contributed by atoms with van der Waals surface area (Å²) < 4.78 is 7.10. The first-order valence-corrected chi connectivity index (χ1v) is 8.37. The number of hydrogen-bond donors (Lipinski definition) is 1. The van der Waals surface area contributed by atoms with E-state index in [1.807, 2.05) is 28.8 Å². The zero-order valence-electron chi connectivity index (χ0n) is 13.6. The number of aromatic nitrogens is 3. The van der Waals surface area contributed by atoms with Gasteiger partial charge >= 0.3 is 0 Å². The van der Waals surface area contributed by atoms with E-state index in [1.165, 1.54) is 11.8 Å². The summed E-state index contributed by atoms with van der Waals surface area (Å²) in [6, 6.07) is 7.59. The predicted octanol–water partition coefficient (Wildman–Crippen LogP) is 2.53. The lowest BCUT2D eigenvalue weighted by atomic mass is 10.2. The molecule has 2 aromatic rings. The van der Waals surface area contributed by atoms with Crippen LogP contribution in [0.4, 0.5) is 0 Å². The number of nitrogens with one attached hydrogen (secondary N) is 1. The lowest BCUT2D eigenvalue weighted by Crippen LogP contribution is -2.25. The Morgan fingerprint density at radius 1 is 1.29 bits per heavy atom. The van der Waals surface area contributed by atoms with E-state index < -0.39 is 0 Å². The second-order valence-corrected chi connectivity index (χ2v) is 5.76. The predicted molar refractivity (Wildman–Crippen MR) is 96.1 cm³/mol. The van der Waals surface area contributed by atoms with Gasteiger partial charge in [0.2, 0.25) is 5.91 Å². The van der Waals surface area contributed by atoms with Gasteiger partial charge in [0, 0.05) is 18.7 Å². The quantitative estimate of drug-likeness (QED) is 0.559. The third-order valence-electron chi connectivity index (χ3n) is 3.15. The minimum absolute atomic E-state index is 0.0703. The smallest absolute Gasteiger partial charge is 0.230 e. The average molecular weight is 344 g/mol. The second-order valence-electron chi connectivity index (χ2n) is 4.82. The third-order valence-corrected chi connectivity index (χ3v) is 4.12. The second kappa shape index (κ2) is 8.93. The van der Waals surface area contributed by atoms with Gasteiger partial charge in [-0.05, 0) is 24.3 Å². The Balaban J connectivity index is 2.17. The number of nitrogens with zero attached hydrogens (tertiary/aromatic N) is 3. The zero-order chi connectivity index (χ0) is 17.4. The molecular formula is C17H20N4O2S. The van der Waals surface area contributed by atoms with Crippen molar-refractivity contribution in [3.05, 3.63) is 49.6 Å². The number of allylic oxidation sites excluding steroid dienone is 1. The first kappa shape index (κ1) is 17.8. The van der Waals surface area contributed by atoms with Crippen molar-refractivity contribution in [2.75, 3.05) is 19.4 Å². The molecule has 1 heterocycles. The molecule has 1 N–H and O–H groups in total. The number of benzene rings is 1. The van der Waals surface area contributed by atoms with Crippen LogP contribution in [0.1, 0.15) is 0 Å². The van der Waals surface area contributed by atoms with Crippen molar-refractivity contribution in [3.63, 3.8) is 0 Å². The van der Waals surface area contributed by atoms with Gasteiger partial charge in [-0.1, -0.05) is 23.9 Å². The summed E-state index contributed by atoms with van der Waals surface area (Å²) in [5.74, 6) is 1.71. The van der Waals surface area contributed by atoms with Crippen molar-refractivity contribution in [2.45, 2.75) is 11.7 Å². The van der Waals surface area contributed by atoms with Crippen LogP contribution in [0.2, 0.25) is 0 Å². The molecule has 0 radical (unpaired) electrons. The first-order chi connectivity index (χ1) is 11.7. The van der Waals surface area contributed by atoms with Crippen LogP contribution in [-0.4, -0.2) is 40.1 Å². The molecule has 0 unspecified atom stereocenters. The lowest BCUT2D eigenvalue weighted by Gasteiger charge is -2.08. The van der Waals surface area contributed by atoms with Gasteiger partial charge in [-0.3, -0.25) is 9.36 Å². The van der Waals surface area contributed by atoms with Crippen LogP contribution < -0.4 is 10.1 Å². The maximum atomic E-state index is 11.7. The molecular weight excluding hydrogens is 324 g/mol. The summed E-state index contributed by atoms with van der Waals surface area (Å²) in [5.41, 5.74) is 0.924. The van der Waals surface area contributed by atoms with Crippen LogP contribution in [0.25, 0.3) is 11.4 Å². The number of methoxy groups -OCH3 is 1. The van der Waals surface area contributed by atoms with Crippen molar-refractivity contribution >= 4 is 17.7 Å². The molecule has 2 rings (SSSR count). The molecule has 126 valence electrons. The van der Waals surface area contributed by atoms with E-state index >= 15 is 0 Å². The van der Waals surface area contributed by atoms with E-state index in [4.69, 9.17) is 4.74 Å². The van der Waals surface area contributed by atoms with Gasteiger partial charge in [-0.2, -0.15) is 0 Å². The molecule has 1 amide bonds. The molecule has 0 aliphatic carbocycles. The SMILES string of the molecule is C=CCNC(=O)CSc1nnc(-c2ccc(OC)cc2)n1CC=C. The fourth-order valence-corrected chi connectivity index (χ4v) is 2.79. The van der Waals surface area contributed by atoms with Crippen molar-refractivity contribution in [2.24, 2.45) is 0 Å². The molecule has 0 bridgehead atoms. The summed E-state index contributed by atoms with van der Waals surface area (Å²) >= 11 is 1.34. The summed E-state index contributed by atoms with van der Waals surface area (Å²) in [6.45, 7) is 8.36. The molecule has 0 spiro atoms. The molecule has 1 aromatic heterocycles. The molecule has 0 saturated heterocycles. The zero-order valence-corrected chi connectivity index (χ0v) is 14.4. The topological polar surface area (TPSA) is 69.0 Å². The van der Waals surface area contributed by atoms with Gasteiger partial charge in [0.25, 0.3) is 0 Å². The lowest BCUT2D eigenvalue weighted by molar-refractivity contribution is -0.118. The fraction of sp³-hybridized carbons (Fsp3) is 0.235. The van der Waals surface area contributed by atoms with E-state index in [2.05, 4.69) is 28.7 Å². The van der Waals surface area contributed by atoms with E-state index in [0.717, 1.165) is 17.1 Å². The van der Waals surface area contributed by atoms with E-state index in [9.17, 15) is 4.79 Å². The normalized spacial score (nSPS) is 10.2. The maximum absolute atomic E-state index is 11.7. The first-order valence-electron chi connectivity index (χ1n) is 7.38. The minimum Gasteiger partial charge on any atom is -0.497 e. The van der Waals surface area contributed by atoms with Crippen molar-refractivity contribution in [1.29, 1.82) is 0 Å². The highest BCUT2D eigenvalue weighted by Gasteiger charge is 2.14. The Hall–Kier alpha value is -2.54. The molecule has 0 aliphatic rings. The number of ether oxygens (including phenoxy) is 1. The summed E-state index contributed by atoms with van der Waals surface area (Å²) in [4.78, 5) is 11.7. The van der Waals surface area contributed by atoms with E-state index in [1.54, 1.807) is 19.3 Å². The minimum atomic E-state index is -0.0703. The Morgan fingerprint density at radius 2 is 2.04 bits per heavy atom. The van der Waals surface area contributed by atoms with Crippen LogP contribution in [0.3, 0.4) is 0 Å². The van der Waals surface area contributed by atoms with E-state index in [-0.39, 0.29) is 11.7 Å². The van der Waals surface area contributed by atoms with Gasteiger partial charge in [-0.15, -0.1) is 23.4 Å². The highest BCUT2D eigenvalue weighted by atomic mass is 32.2. The largest absolute Gasteiger partial charge is 0.497 e. The molecule has 7 heteroatoms. The Bertz CT molecular complexity index is 710. The Morgan fingerprint density at radius 3 is 2.67 bits per heavy atom. The molecule has 0 atom stereocenters. The number of carbonyl (C=O) groups is 1. The highest BCUT2D eigenvalue weighted by molar-refractivity contribution is 7.99. The van der Waals surface area contributed by atoms with Crippen LogP contribution >= 0.6 is 11.8 Å². The van der Waals surface area contributed by atoms with Gasteiger partial charge in [0.05, 0.1) is 12.9 Å². The van der Waals surface area contributed by atoms with Crippen molar-refractivity contribution < 1.29 is 9.53 Å². The Kier molecular flexibility index (Phi) is 6.62. The van der Waals surface area contributed by atoms with Crippen molar-refractivity contribution in [1.82, 2.24) is 20.1 Å². The monoisotopic (exact) mass is 344 g/mol. The number of hydrogen-bond acceptors (Lipinski definition) is 5. The van der Waals surface area contributed by atoms with Gasteiger partial charge in [-0.25, -0.2) is 0 Å². The number of thioether (sulfide) groups is 1. The van der Waals surface area contributed by atoms with Gasteiger partial charge < -0.3 is 10.1 Å². The van der Waals surface area contributed by atoms with E-state index in [0.29, 0.717) is 18.2 Å². The summed E-state index contributed by atoms with van der Waals surface area (Å²) in [6.07, 6.45) is 3.42. The molecule has 0 saturated carbocycles. The standard InChI is InChI=1S/C17H20N4O2S/c1-4-10-18-15(22)12-24-17-20-19-16(21(17)11-5-2)13-6-8-14(23-3)9-7-13/h4-9H,1-2,10-12H2,3H3,(H,18,22). The van der Waals surface area contributed by atoms with Crippen molar-refractivity contribution in [3.8, 4) is 17.1 Å². The number of amides is 1. The van der Waals surface area contributed by atoms with Crippen LogP contribution in [0.5, 0.6) is 5.75 Å². The number of carbonyl (C=O) groups excluding carboxylic acids is 1. The van der Waals surface area contributed by atoms with Crippen LogP contribution in [0, 0.1) is 0 Å². The highest BCUT2D eigenvalue weighted by Crippen LogP contribution is 2.25. The van der Waals surface area contributed by atoms with Gasteiger partial charge in [0.1, 0.15) is 5.75 Å². The molecule has 1 aromatic carbocycles. The maximum Gasteiger partial charge on any atom is 0.230 e. The summed E-state index contributed by atoms with van der Waals surface area (Å²) in [5, 5.41) is 11.9. The van der Waals surface area contributed by atoms with Gasteiger partial charge in [0.15, 0.2) is 11.0 Å². The third kappa shape index (κ3) is 4.48.